The highest BCUT2D eigenvalue weighted by Gasteiger charge is 2.20. The topological polar surface area (TPSA) is 29.5 Å². The molecule has 2 heteroatoms. The number of ether oxygens (including phenoxy) is 1. The van der Waals surface area contributed by atoms with E-state index in [0.29, 0.717) is 18.8 Å². The normalized spacial score (nSPS) is 11.5. The minimum absolute atomic E-state index is 0.0755. The molecule has 15 heavy (non-hydrogen) atoms. The second-order valence-corrected chi connectivity index (χ2v) is 4.60. The van der Waals surface area contributed by atoms with Gasteiger partial charge in [0.2, 0.25) is 0 Å². The Balaban J connectivity index is 3.01. The number of phenols is 1. The van der Waals surface area contributed by atoms with Gasteiger partial charge in [0.15, 0.2) is 11.5 Å². The van der Waals surface area contributed by atoms with Crippen molar-refractivity contribution in [1.82, 2.24) is 0 Å². The summed E-state index contributed by atoms with van der Waals surface area (Å²) >= 11 is 0. The minimum atomic E-state index is -0.0755. The Labute approximate surface area is 91.9 Å². The van der Waals surface area contributed by atoms with Crippen molar-refractivity contribution in [1.29, 1.82) is 0 Å². The molecule has 0 unspecified atom stereocenters. The molecule has 0 spiro atoms. The van der Waals surface area contributed by atoms with Crippen LogP contribution >= 0.6 is 0 Å². The lowest BCUT2D eigenvalue weighted by atomic mass is 9.86. The number of para-hydroxylation sites is 1. The molecule has 1 rings (SSSR count). The zero-order valence-electron chi connectivity index (χ0n) is 9.71. The number of benzene rings is 1. The van der Waals surface area contributed by atoms with Crippen molar-refractivity contribution in [2.45, 2.75) is 32.6 Å². The summed E-state index contributed by atoms with van der Waals surface area (Å²) in [6.45, 7) is 10.4. The van der Waals surface area contributed by atoms with E-state index >= 15 is 0 Å². The average Bonchev–Trinajstić information content (AvgIpc) is 2.14. The van der Waals surface area contributed by atoms with E-state index in [1.165, 1.54) is 0 Å². The van der Waals surface area contributed by atoms with E-state index in [-0.39, 0.29) is 11.2 Å². The van der Waals surface area contributed by atoms with E-state index in [4.69, 9.17) is 4.74 Å². The van der Waals surface area contributed by atoms with Crippen molar-refractivity contribution in [2.75, 3.05) is 6.61 Å². The number of phenolic OH excluding ortho intramolecular Hbond substituents is 1. The minimum Gasteiger partial charge on any atom is -0.504 e. The molecule has 0 aliphatic rings. The van der Waals surface area contributed by atoms with Gasteiger partial charge in [0, 0.05) is 5.56 Å². The second kappa shape index (κ2) is 4.56. The summed E-state index contributed by atoms with van der Waals surface area (Å²) in [6, 6.07) is 5.60. The molecule has 0 aliphatic heterocycles. The van der Waals surface area contributed by atoms with Gasteiger partial charge in [-0.1, -0.05) is 32.9 Å². The van der Waals surface area contributed by atoms with Crippen LogP contribution in [-0.2, 0) is 5.41 Å². The molecule has 1 radical (unpaired) electrons. The van der Waals surface area contributed by atoms with Crippen LogP contribution in [0.15, 0.2) is 18.2 Å². The lowest BCUT2D eigenvalue weighted by Crippen LogP contribution is -2.11. The van der Waals surface area contributed by atoms with Crippen molar-refractivity contribution in [3.05, 3.63) is 30.7 Å². The van der Waals surface area contributed by atoms with Crippen molar-refractivity contribution in [3.63, 3.8) is 0 Å². The van der Waals surface area contributed by atoms with Crippen molar-refractivity contribution >= 4 is 0 Å². The summed E-state index contributed by atoms with van der Waals surface area (Å²) < 4.78 is 5.41. The van der Waals surface area contributed by atoms with Gasteiger partial charge in [-0.2, -0.15) is 0 Å². The number of hydrogen-bond donors (Lipinski definition) is 1. The van der Waals surface area contributed by atoms with Gasteiger partial charge in [0.05, 0.1) is 6.61 Å². The van der Waals surface area contributed by atoms with E-state index in [2.05, 4.69) is 27.7 Å². The summed E-state index contributed by atoms with van der Waals surface area (Å²) in [6.07, 6.45) is 0.694. The van der Waals surface area contributed by atoms with Gasteiger partial charge in [-0.15, -0.1) is 0 Å². The summed E-state index contributed by atoms with van der Waals surface area (Å²) in [5.41, 5.74) is 0.831. The quantitative estimate of drug-likeness (QED) is 0.824. The van der Waals surface area contributed by atoms with Crippen LogP contribution in [0.4, 0.5) is 0 Å². The third kappa shape index (κ3) is 2.88. The molecule has 1 aromatic rings. The predicted molar refractivity (Wildman–Crippen MR) is 62.3 cm³/mol. The predicted octanol–water partition coefficient (Wildman–Crippen LogP) is 3.29. The maximum Gasteiger partial charge on any atom is 0.161 e. The molecule has 0 amide bonds. The fraction of sp³-hybridized carbons (Fsp3) is 0.462. The molecule has 0 fully saturated rings. The molecular formula is C13H19O2. The van der Waals surface area contributed by atoms with Crippen LogP contribution in [0.5, 0.6) is 11.5 Å². The Morgan fingerprint density at radius 3 is 2.53 bits per heavy atom. The van der Waals surface area contributed by atoms with Crippen LogP contribution in [0, 0.1) is 6.92 Å². The Hall–Kier alpha value is -1.18. The number of hydrogen-bond acceptors (Lipinski definition) is 2. The van der Waals surface area contributed by atoms with Gasteiger partial charge in [-0.05, 0) is 24.8 Å². The first-order valence-corrected chi connectivity index (χ1v) is 5.21. The Morgan fingerprint density at radius 2 is 2.00 bits per heavy atom. The average molecular weight is 207 g/mol. The summed E-state index contributed by atoms with van der Waals surface area (Å²) in [4.78, 5) is 0. The molecule has 0 saturated carbocycles. The van der Waals surface area contributed by atoms with Gasteiger partial charge in [-0.3, -0.25) is 0 Å². The first kappa shape index (κ1) is 11.9. The second-order valence-electron chi connectivity index (χ2n) is 4.60. The SMILES string of the molecule is [CH2]CCOc1cccc(C(C)(C)C)c1O. The molecular weight excluding hydrogens is 188 g/mol. The van der Waals surface area contributed by atoms with Gasteiger partial charge in [0.25, 0.3) is 0 Å². The molecule has 0 aromatic heterocycles. The third-order valence-electron chi connectivity index (χ3n) is 2.21. The van der Waals surface area contributed by atoms with E-state index < -0.39 is 0 Å². The summed E-state index contributed by atoms with van der Waals surface area (Å²) in [7, 11) is 0. The van der Waals surface area contributed by atoms with Gasteiger partial charge in [-0.25, -0.2) is 0 Å². The highest BCUT2D eigenvalue weighted by Crippen LogP contribution is 2.37. The van der Waals surface area contributed by atoms with E-state index in [9.17, 15) is 5.11 Å². The maximum absolute atomic E-state index is 10.0. The number of rotatable bonds is 3. The highest BCUT2D eigenvalue weighted by atomic mass is 16.5. The maximum atomic E-state index is 10.0. The largest absolute Gasteiger partial charge is 0.504 e. The van der Waals surface area contributed by atoms with Gasteiger partial charge < -0.3 is 9.84 Å². The van der Waals surface area contributed by atoms with Crippen LogP contribution in [0.25, 0.3) is 0 Å². The van der Waals surface area contributed by atoms with Crippen molar-refractivity contribution in [2.24, 2.45) is 0 Å². The van der Waals surface area contributed by atoms with Crippen LogP contribution < -0.4 is 4.74 Å². The standard InChI is InChI=1S/C13H19O2/c1-5-9-15-11-8-6-7-10(12(11)14)13(2,3)4/h6-8,14H,1,5,9H2,2-4H3. The molecule has 1 N–H and O–H groups in total. The smallest absolute Gasteiger partial charge is 0.161 e. The van der Waals surface area contributed by atoms with Gasteiger partial charge in [0.1, 0.15) is 0 Å². The zero-order valence-corrected chi connectivity index (χ0v) is 9.71. The molecule has 0 heterocycles. The summed E-state index contributed by atoms with van der Waals surface area (Å²) in [5, 5.41) is 10.0. The Bertz CT molecular complexity index is 324. The van der Waals surface area contributed by atoms with Crippen molar-refractivity contribution in [3.8, 4) is 11.5 Å². The molecule has 1 aromatic carbocycles. The number of aromatic hydroxyl groups is 1. The lowest BCUT2D eigenvalue weighted by molar-refractivity contribution is 0.301. The third-order valence-corrected chi connectivity index (χ3v) is 2.21. The van der Waals surface area contributed by atoms with Crippen LogP contribution in [0.1, 0.15) is 32.8 Å². The fourth-order valence-electron chi connectivity index (χ4n) is 1.43. The zero-order chi connectivity index (χ0) is 11.5. The fourth-order valence-corrected chi connectivity index (χ4v) is 1.43. The lowest BCUT2D eigenvalue weighted by Gasteiger charge is -2.21. The highest BCUT2D eigenvalue weighted by molar-refractivity contribution is 5.48. The van der Waals surface area contributed by atoms with Crippen molar-refractivity contribution < 1.29 is 9.84 Å². The van der Waals surface area contributed by atoms with Crippen LogP contribution in [0.2, 0.25) is 0 Å². The molecule has 83 valence electrons. The van der Waals surface area contributed by atoms with Gasteiger partial charge >= 0.3 is 0 Å². The molecule has 0 saturated heterocycles. The molecule has 0 aliphatic carbocycles. The van der Waals surface area contributed by atoms with Crippen LogP contribution in [-0.4, -0.2) is 11.7 Å². The Kier molecular flexibility index (Phi) is 3.61. The van der Waals surface area contributed by atoms with E-state index in [1.54, 1.807) is 6.07 Å². The Morgan fingerprint density at radius 1 is 1.33 bits per heavy atom. The molecule has 0 bridgehead atoms. The van der Waals surface area contributed by atoms with Crippen LogP contribution in [0.3, 0.4) is 0 Å². The molecule has 0 atom stereocenters. The first-order chi connectivity index (χ1) is 6.96. The monoisotopic (exact) mass is 207 g/mol. The van der Waals surface area contributed by atoms with E-state index in [0.717, 1.165) is 5.56 Å². The summed E-state index contributed by atoms with van der Waals surface area (Å²) in [5.74, 6) is 0.796. The van der Waals surface area contributed by atoms with E-state index in [1.807, 2.05) is 12.1 Å². The molecule has 2 nitrogen and oxygen atoms in total. The first-order valence-electron chi connectivity index (χ1n) is 5.21.